The highest BCUT2D eigenvalue weighted by Crippen LogP contribution is 2.37. The lowest BCUT2D eigenvalue weighted by molar-refractivity contribution is -0.137. The van der Waals surface area contributed by atoms with Crippen LogP contribution < -0.4 is 10.2 Å². The Morgan fingerprint density at radius 1 is 1.30 bits per heavy atom. The first-order valence-electron chi connectivity index (χ1n) is 10.7. The van der Waals surface area contributed by atoms with Gasteiger partial charge in [0, 0.05) is 24.1 Å². The van der Waals surface area contributed by atoms with E-state index in [0.717, 1.165) is 23.5 Å². The molecule has 0 unspecified atom stereocenters. The molecule has 2 aromatic rings. The molecule has 0 amide bonds. The summed E-state index contributed by atoms with van der Waals surface area (Å²) in [6.07, 6.45) is 6.35. The van der Waals surface area contributed by atoms with Crippen LogP contribution in [0.5, 0.6) is 0 Å². The van der Waals surface area contributed by atoms with Crippen molar-refractivity contribution in [3.8, 4) is 0 Å². The molecule has 1 aromatic heterocycles. The van der Waals surface area contributed by atoms with Gasteiger partial charge in [0.05, 0.1) is 17.8 Å². The van der Waals surface area contributed by atoms with Gasteiger partial charge in [0.2, 0.25) is 10.4 Å². The number of hydrogen-bond donors (Lipinski definition) is 2. The van der Waals surface area contributed by atoms with Gasteiger partial charge in [0.25, 0.3) is 0 Å². The van der Waals surface area contributed by atoms with Gasteiger partial charge in [0.15, 0.2) is 0 Å². The van der Waals surface area contributed by atoms with E-state index in [1.165, 1.54) is 43.6 Å². The lowest BCUT2D eigenvalue weighted by atomic mass is 9.92. The van der Waals surface area contributed by atoms with Crippen molar-refractivity contribution < 1.29 is 9.90 Å². The lowest BCUT2D eigenvalue weighted by Gasteiger charge is -2.38. The molecule has 1 saturated carbocycles. The first-order valence-corrected chi connectivity index (χ1v) is 11.9. The van der Waals surface area contributed by atoms with Crippen LogP contribution >= 0.6 is 23.1 Å². The maximum Gasteiger partial charge on any atom is 0.303 e. The summed E-state index contributed by atoms with van der Waals surface area (Å²) in [5, 5.41) is 13.5. The summed E-state index contributed by atoms with van der Waals surface area (Å²) < 4.78 is 4.06. The zero-order chi connectivity index (χ0) is 21.7. The standard InChI is InChI=1S/C22H31ClN4O2S/c1-14(2)13-27(17-7-5-4-6-8-17)19-10-9-16(15(3)11-20(28)29)12-18(19)24-22-25-21(23)26-30-22/h9-10,12,14-15,17H,4-8,11,13H2,1-3H3,(H,28,29)(H,24,25,26)/t15-/m0/s1. The molecule has 0 spiro atoms. The third-order valence-electron chi connectivity index (χ3n) is 5.60. The monoisotopic (exact) mass is 450 g/mol. The van der Waals surface area contributed by atoms with E-state index >= 15 is 0 Å². The van der Waals surface area contributed by atoms with Gasteiger partial charge in [-0.15, -0.1) is 0 Å². The molecule has 8 heteroatoms. The molecule has 1 aliphatic rings. The van der Waals surface area contributed by atoms with Crippen LogP contribution in [0.25, 0.3) is 0 Å². The molecule has 3 rings (SSSR count). The second-order valence-electron chi connectivity index (χ2n) is 8.61. The van der Waals surface area contributed by atoms with Gasteiger partial charge in [-0.05, 0) is 54.0 Å². The molecule has 1 fully saturated rings. The van der Waals surface area contributed by atoms with Gasteiger partial charge in [-0.1, -0.05) is 46.1 Å². The van der Waals surface area contributed by atoms with E-state index in [0.29, 0.717) is 17.1 Å². The number of benzene rings is 1. The number of carboxylic acid groups (broad SMARTS) is 1. The quantitative estimate of drug-likeness (QED) is 0.466. The zero-order valence-electron chi connectivity index (χ0n) is 17.9. The molecule has 2 N–H and O–H groups in total. The third kappa shape index (κ3) is 6.08. The van der Waals surface area contributed by atoms with Crippen LogP contribution in [-0.4, -0.2) is 33.0 Å². The van der Waals surface area contributed by atoms with Crippen LogP contribution in [0.4, 0.5) is 16.5 Å². The largest absolute Gasteiger partial charge is 0.481 e. The Labute approximate surface area is 187 Å². The van der Waals surface area contributed by atoms with Crippen LogP contribution in [0.2, 0.25) is 5.28 Å². The van der Waals surface area contributed by atoms with Crippen LogP contribution in [0.15, 0.2) is 18.2 Å². The summed E-state index contributed by atoms with van der Waals surface area (Å²) in [6, 6.07) is 6.78. The maximum absolute atomic E-state index is 11.2. The van der Waals surface area contributed by atoms with Crippen LogP contribution in [-0.2, 0) is 4.79 Å². The zero-order valence-corrected chi connectivity index (χ0v) is 19.5. The van der Waals surface area contributed by atoms with Crippen molar-refractivity contribution in [2.45, 2.75) is 71.3 Å². The Morgan fingerprint density at radius 2 is 2.03 bits per heavy atom. The number of carbonyl (C=O) groups is 1. The van der Waals surface area contributed by atoms with Gasteiger partial charge in [-0.2, -0.15) is 9.36 Å². The second-order valence-corrected chi connectivity index (χ2v) is 9.70. The number of nitrogens with zero attached hydrogens (tertiary/aromatic N) is 3. The average molecular weight is 451 g/mol. The smallest absolute Gasteiger partial charge is 0.303 e. The minimum atomic E-state index is -0.791. The van der Waals surface area contributed by atoms with E-state index < -0.39 is 5.97 Å². The number of nitrogens with one attached hydrogen (secondary N) is 1. The Hall–Kier alpha value is -1.86. The van der Waals surface area contributed by atoms with Crippen molar-refractivity contribution in [1.29, 1.82) is 0 Å². The van der Waals surface area contributed by atoms with Gasteiger partial charge < -0.3 is 15.3 Å². The molecule has 0 saturated heterocycles. The summed E-state index contributed by atoms with van der Waals surface area (Å²) >= 11 is 7.15. The summed E-state index contributed by atoms with van der Waals surface area (Å²) in [5.41, 5.74) is 3.06. The van der Waals surface area contributed by atoms with Gasteiger partial charge in [-0.25, -0.2) is 0 Å². The fourth-order valence-corrected chi connectivity index (χ4v) is 4.92. The van der Waals surface area contributed by atoms with Crippen molar-refractivity contribution >= 4 is 45.6 Å². The van der Waals surface area contributed by atoms with Gasteiger partial charge >= 0.3 is 5.97 Å². The molecule has 1 atom stereocenters. The number of hydrogen-bond acceptors (Lipinski definition) is 6. The highest BCUT2D eigenvalue weighted by molar-refractivity contribution is 7.10. The minimum absolute atomic E-state index is 0.0802. The first-order chi connectivity index (χ1) is 14.3. The Bertz CT molecular complexity index is 851. The van der Waals surface area contributed by atoms with E-state index in [2.05, 4.69) is 51.6 Å². The lowest BCUT2D eigenvalue weighted by Crippen LogP contribution is -2.39. The minimum Gasteiger partial charge on any atom is -0.481 e. The number of halogens is 1. The molecule has 1 aliphatic carbocycles. The molecule has 0 bridgehead atoms. The van der Waals surface area contributed by atoms with E-state index in [1.807, 2.05) is 6.92 Å². The highest BCUT2D eigenvalue weighted by Gasteiger charge is 2.25. The molecule has 1 heterocycles. The molecule has 6 nitrogen and oxygen atoms in total. The fraction of sp³-hybridized carbons (Fsp3) is 0.591. The normalized spacial score (nSPS) is 15.9. The third-order valence-corrected chi connectivity index (χ3v) is 6.50. The van der Waals surface area contributed by atoms with Gasteiger partial charge in [0.1, 0.15) is 0 Å². The van der Waals surface area contributed by atoms with Crippen LogP contribution in [0.1, 0.15) is 70.8 Å². The predicted molar refractivity (Wildman–Crippen MR) is 124 cm³/mol. The molecular weight excluding hydrogens is 420 g/mol. The van der Waals surface area contributed by atoms with E-state index in [9.17, 15) is 9.90 Å². The van der Waals surface area contributed by atoms with E-state index in [1.54, 1.807) is 0 Å². The molecule has 0 aliphatic heterocycles. The first kappa shape index (κ1) is 22.8. The topological polar surface area (TPSA) is 78.4 Å². The summed E-state index contributed by atoms with van der Waals surface area (Å²) in [7, 11) is 0. The SMILES string of the molecule is CC(C)CN(c1ccc([C@@H](C)CC(=O)O)cc1Nc1nc(Cl)ns1)C1CCCCC1. The number of carboxylic acids is 1. The predicted octanol–water partition coefficient (Wildman–Crippen LogP) is 6.31. The highest BCUT2D eigenvalue weighted by atomic mass is 35.5. The summed E-state index contributed by atoms with van der Waals surface area (Å²) in [4.78, 5) is 18.0. The molecule has 1 aromatic carbocycles. The average Bonchev–Trinajstić information content (AvgIpc) is 3.11. The summed E-state index contributed by atoms with van der Waals surface area (Å²) in [6.45, 7) is 7.41. The second kappa shape index (κ2) is 10.4. The van der Waals surface area contributed by atoms with Crippen LogP contribution in [0.3, 0.4) is 0 Å². The summed E-state index contributed by atoms with van der Waals surface area (Å²) in [5.74, 6) is -0.342. The Morgan fingerprint density at radius 3 is 2.63 bits per heavy atom. The molecule has 0 radical (unpaired) electrons. The maximum atomic E-state index is 11.2. The number of aromatic nitrogens is 2. The van der Waals surface area contributed by atoms with Crippen molar-refractivity contribution in [2.75, 3.05) is 16.8 Å². The number of anilines is 3. The fourth-order valence-electron chi connectivity index (χ4n) is 4.19. The number of rotatable bonds is 9. The molecular formula is C22H31ClN4O2S. The van der Waals surface area contributed by atoms with Crippen molar-refractivity contribution in [3.63, 3.8) is 0 Å². The van der Waals surface area contributed by atoms with Gasteiger partial charge in [-0.3, -0.25) is 4.79 Å². The Balaban J connectivity index is 1.99. The van der Waals surface area contributed by atoms with Crippen molar-refractivity contribution in [2.24, 2.45) is 5.92 Å². The van der Waals surface area contributed by atoms with E-state index in [4.69, 9.17) is 11.6 Å². The van der Waals surface area contributed by atoms with Crippen LogP contribution in [0, 0.1) is 5.92 Å². The molecule has 30 heavy (non-hydrogen) atoms. The molecule has 164 valence electrons. The van der Waals surface area contributed by atoms with Crippen molar-refractivity contribution in [3.05, 3.63) is 29.0 Å². The van der Waals surface area contributed by atoms with E-state index in [-0.39, 0.29) is 17.6 Å². The van der Waals surface area contributed by atoms with Crippen molar-refractivity contribution in [1.82, 2.24) is 9.36 Å². The Kier molecular flexibility index (Phi) is 7.94. The number of aliphatic carboxylic acids is 1.